The van der Waals surface area contributed by atoms with Crippen LogP contribution in [-0.4, -0.2) is 49.0 Å². The molecule has 0 bridgehead atoms. The molecule has 1 aliphatic heterocycles. The summed E-state index contributed by atoms with van der Waals surface area (Å²) in [6.45, 7) is 4.02. The average molecular weight is 285 g/mol. The molecule has 0 aromatic heterocycles. The van der Waals surface area contributed by atoms with Crippen molar-refractivity contribution >= 4 is 17.8 Å². The normalized spacial score (nSPS) is 20.1. The van der Waals surface area contributed by atoms with Crippen molar-refractivity contribution in [1.29, 1.82) is 0 Å². The van der Waals surface area contributed by atoms with Crippen LogP contribution in [0.2, 0.25) is 0 Å². The molecule has 114 valence electrons. The molecule has 0 aromatic carbocycles. The van der Waals surface area contributed by atoms with E-state index in [0.717, 1.165) is 0 Å². The summed E-state index contributed by atoms with van der Waals surface area (Å²) in [5, 5.41) is 0. The molecule has 0 aromatic rings. The standard InChI is InChI=1S/C14H23NO5/c1-9(2)7-10(8-13(17)19-3)15-11(14(18)20-4)5-6-12(15)16/h9-11H,5-8H2,1-4H3. The van der Waals surface area contributed by atoms with Crippen LogP contribution in [0.25, 0.3) is 0 Å². The Morgan fingerprint density at radius 1 is 1.30 bits per heavy atom. The minimum Gasteiger partial charge on any atom is -0.469 e. The fourth-order valence-electron chi connectivity index (χ4n) is 2.64. The maximum atomic E-state index is 12.1. The number of methoxy groups -OCH3 is 2. The van der Waals surface area contributed by atoms with E-state index in [1.807, 2.05) is 13.8 Å². The minimum atomic E-state index is -0.582. The van der Waals surface area contributed by atoms with Crippen molar-refractivity contribution in [1.82, 2.24) is 4.90 Å². The van der Waals surface area contributed by atoms with Gasteiger partial charge in [-0.25, -0.2) is 4.79 Å². The van der Waals surface area contributed by atoms with Crippen molar-refractivity contribution in [2.24, 2.45) is 5.92 Å². The van der Waals surface area contributed by atoms with Crippen molar-refractivity contribution in [2.45, 2.75) is 51.6 Å². The molecule has 6 heteroatoms. The predicted molar refractivity (Wildman–Crippen MR) is 71.8 cm³/mol. The number of carbonyl (C=O) groups is 3. The molecule has 1 saturated heterocycles. The lowest BCUT2D eigenvalue weighted by atomic mass is 9.99. The Morgan fingerprint density at radius 3 is 2.45 bits per heavy atom. The van der Waals surface area contributed by atoms with Gasteiger partial charge in [-0.3, -0.25) is 9.59 Å². The molecule has 1 fully saturated rings. The number of carbonyl (C=O) groups excluding carboxylic acids is 3. The number of amides is 1. The lowest BCUT2D eigenvalue weighted by Crippen LogP contribution is -2.47. The van der Waals surface area contributed by atoms with Crippen LogP contribution in [0.5, 0.6) is 0 Å². The lowest BCUT2D eigenvalue weighted by molar-refractivity contribution is -0.153. The first kappa shape index (κ1) is 16.5. The van der Waals surface area contributed by atoms with E-state index in [4.69, 9.17) is 4.74 Å². The van der Waals surface area contributed by atoms with E-state index in [-0.39, 0.29) is 24.3 Å². The summed E-state index contributed by atoms with van der Waals surface area (Å²) < 4.78 is 9.44. The Kier molecular flexibility index (Phi) is 5.98. The molecule has 6 nitrogen and oxygen atoms in total. The molecule has 1 aliphatic rings. The van der Waals surface area contributed by atoms with E-state index < -0.39 is 12.0 Å². The quantitative estimate of drug-likeness (QED) is 0.684. The van der Waals surface area contributed by atoms with Gasteiger partial charge in [-0.05, 0) is 18.8 Å². The number of ether oxygens (including phenoxy) is 2. The lowest BCUT2D eigenvalue weighted by Gasteiger charge is -2.32. The average Bonchev–Trinajstić information content (AvgIpc) is 2.78. The summed E-state index contributed by atoms with van der Waals surface area (Å²) in [6, 6.07) is -0.901. The number of hydrogen-bond acceptors (Lipinski definition) is 5. The van der Waals surface area contributed by atoms with Gasteiger partial charge in [0.05, 0.1) is 20.6 Å². The van der Waals surface area contributed by atoms with Crippen molar-refractivity contribution in [3.8, 4) is 0 Å². The molecule has 1 heterocycles. The third-order valence-corrected chi connectivity index (χ3v) is 3.50. The molecule has 0 spiro atoms. The maximum absolute atomic E-state index is 12.1. The van der Waals surface area contributed by atoms with Gasteiger partial charge in [0.15, 0.2) is 0 Å². The van der Waals surface area contributed by atoms with Crippen LogP contribution in [0.4, 0.5) is 0 Å². The second-order valence-electron chi connectivity index (χ2n) is 5.44. The van der Waals surface area contributed by atoms with E-state index in [0.29, 0.717) is 25.2 Å². The molecule has 0 saturated carbocycles. The Hall–Kier alpha value is -1.59. The van der Waals surface area contributed by atoms with E-state index in [2.05, 4.69) is 4.74 Å². The first-order valence-corrected chi connectivity index (χ1v) is 6.86. The first-order chi connectivity index (χ1) is 9.40. The highest BCUT2D eigenvalue weighted by atomic mass is 16.5. The van der Waals surface area contributed by atoms with Crippen molar-refractivity contribution in [3.63, 3.8) is 0 Å². The number of hydrogen-bond donors (Lipinski definition) is 0. The summed E-state index contributed by atoms with van der Waals surface area (Å²) in [5.74, 6) is -0.597. The smallest absolute Gasteiger partial charge is 0.328 e. The molecular formula is C14H23NO5. The highest BCUT2D eigenvalue weighted by Crippen LogP contribution is 2.27. The van der Waals surface area contributed by atoms with Crippen LogP contribution < -0.4 is 0 Å². The maximum Gasteiger partial charge on any atom is 0.328 e. The van der Waals surface area contributed by atoms with Gasteiger partial charge < -0.3 is 14.4 Å². The summed E-state index contributed by atoms with van der Waals surface area (Å²) >= 11 is 0. The zero-order valence-corrected chi connectivity index (χ0v) is 12.5. The van der Waals surface area contributed by atoms with Gasteiger partial charge in [-0.1, -0.05) is 13.8 Å². The van der Waals surface area contributed by atoms with E-state index in [1.165, 1.54) is 19.1 Å². The van der Waals surface area contributed by atoms with Gasteiger partial charge in [-0.2, -0.15) is 0 Å². The highest BCUT2D eigenvalue weighted by molar-refractivity contribution is 5.88. The molecule has 1 rings (SSSR count). The Morgan fingerprint density at radius 2 is 1.95 bits per heavy atom. The zero-order valence-electron chi connectivity index (χ0n) is 12.5. The van der Waals surface area contributed by atoms with Crippen molar-refractivity contribution in [2.75, 3.05) is 14.2 Å². The van der Waals surface area contributed by atoms with Crippen molar-refractivity contribution in [3.05, 3.63) is 0 Å². The number of likely N-dealkylation sites (tertiary alicyclic amines) is 1. The topological polar surface area (TPSA) is 72.9 Å². The van der Waals surface area contributed by atoms with Crippen LogP contribution in [0.1, 0.15) is 39.5 Å². The molecule has 2 unspecified atom stereocenters. The fraction of sp³-hybridized carbons (Fsp3) is 0.786. The van der Waals surface area contributed by atoms with Gasteiger partial charge in [0.2, 0.25) is 5.91 Å². The SMILES string of the molecule is COC(=O)CC(CC(C)C)N1C(=O)CCC1C(=O)OC. The highest BCUT2D eigenvalue weighted by Gasteiger charge is 2.41. The van der Waals surface area contributed by atoms with Crippen LogP contribution in [-0.2, 0) is 23.9 Å². The number of esters is 2. The third-order valence-electron chi connectivity index (χ3n) is 3.50. The molecule has 0 N–H and O–H groups in total. The molecule has 20 heavy (non-hydrogen) atoms. The second kappa shape index (κ2) is 7.26. The van der Waals surface area contributed by atoms with Gasteiger partial charge in [0, 0.05) is 12.5 Å². The number of nitrogens with zero attached hydrogens (tertiary/aromatic N) is 1. The number of rotatable bonds is 6. The second-order valence-corrected chi connectivity index (χ2v) is 5.44. The largest absolute Gasteiger partial charge is 0.469 e. The molecular weight excluding hydrogens is 262 g/mol. The van der Waals surface area contributed by atoms with E-state index in [9.17, 15) is 14.4 Å². The summed E-state index contributed by atoms with van der Waals surface area (Å²) in [4.78, 5) is 36.9. The van der Waals surface area contributed by atoms with Gasteiger partial charge in [0.1, 0.15) is 6.04 Å². The molecule has 0 radical (unpaired) electrons. The third kappa shape index (κ3) is 3.95. The summed E-state index contributed by atoms with van der Waals surface area (Å²) in [7, 11) is 2.62. The van der Waals surface area contributed by atoms with E-state index in [1.54, 1.807) is 0 Å². The molecule has 0 aliphatic carbocycles. The first-order valence-electron chi connectivity index (χ1n) is 6.86. The summed E-state index contributed by atoms with van der Waals surface area (Å²) in [6.07, 6.45) is 1.51. The fourth-order valence-corrected chi connectivity index (χ4v) is 2.64. The molecule has 1 amide bonds. The van der Waals surface area contributed by atoms with Crippen LogP contribution in [0.15, 0.2) is 0 Å². The minimum absolute atomic E-state index is 0.102. The van der Waals surface area contributed by atoms with Gasteiger partial charge in [0.25, 0.3) is 0 Å². The Labute approximate surface area is 119 Å². The Balaban J connectivity index is 2.92. The van der Waals surface area contributed by atoms with Gasteiger partial charge in [-0.15, -0.1) is 0 Å². The van der Waals surface area contributed by atoms with Crippen LogP contribution >= 0.6 is 0 Å². The summed E-state index contributed by atoms with van der Waals surface area (Å²) in [5.41, 5.74) is 0. The Bertz CT molecular complexity index is 380. The monoisotopic (exact) mass is 285 g/mol. The van der Waals surface area contributed by atoms with Crippen LogP contribution in [0.3, 0.4) is 0 Å². The van der Waals surface area contributed by atoms with Gasteiger partial charge >= 0.3 is 11.9 Å². The van der Waals surface area contributed by atoms with Crippen LogP contribution in [0, 0.1) is 5.92 Å². The molecule has 2 atom stereocenters. The van der Waals surface area contributed by atoms with E-state index >= 15 is 0 Å². The predicted octanol–water partition coefficient (Wildman–Crippen LogP) is 1.13. The zero-order chi connectivity index (χ0) is 15.3. The van der Waals surface area contributed by atoms with Crippen molar-refractivity contribution < 1.29 is 23.9 Å².